The van der Waals surface area contributed by atoms with E-state index in [1.165, 1.54) is 17.3 Å². The molecule has 0 radical (unpaired) electrons. The molecule has 1 aliphatic rings. The number of carbonyl (C=O) groups is 1. The average molecular weight is 459 g/mol. The molecular weight excluding hydrogens is 424 g/mol. The van der Waals surface area contributed by atoms with Crippen LogP contribution < -0.4 is 16.0 Å². The summed E-state index contributed by atoms with van der Waals surface area (Å²) >= 11 is 0. The third-order valence-electron chi connectivity index (χ3n) is 6.66. The SMILES string of the molecule is CCCc1cc(N2CCNCC2Cc2ccc(-c3cncc(O)c3)cc2CC)ccc1C(N)=O. The minimum atomic E-state index is -0.360. The van der Waals surface area contributed by atoms with Crippen LogP contribution in [0.15, 0.2) is 54.9 Å². The van der Waals surface area contributed by atoms with E-state index in [9.17, 15) is 9.90 Å². The van der Waals surface area contributed by atoms with Gasteiger partial charge in [-0.15, -0.1) is 0 Å². The molecule has 0 spiro atoms. The number of amides is 1. The van der Waals surface area contributed by atoms with E-state index in [4.69, 9.17) is 5.73 Å². The molecule has 1 amide bonds. The normalized spacial score (nSPS) is 15.9. The van der Waals surface area contributed by atoms with E-state index in [2.05, 4.69) is 53.3 Å². The Morgan fingerprint density at radius 2 is 1.94 bits per heavy atom. The summed E-state index contributed by atoms with van der Waals surface area (Å²) in [6, 6.07) is 14.7. The van der Waals surface area contributed by atoms with E-state index in [0.29, 0.717) is 11.6 Å². The van der Waals surface area contributed by atoms with E-state index in [0.717, 1.165) is 67.7 Å². The highest BCUT2D eigenvalue weighted by atomic mass is 16.3. The van der Waals surface area contributed by atoms with Crippen LogP contribution in [-0.2, 0) is 19.3 Å². The maximum atomic E-state index is 11.9. The van der Waals surface area contributed by atoms with Crippen molar-refractivity contribution in [2.45, 2.75) is 45.6 Å². The second kappa shape index (κ2) is 10.7. The van der Waals surface area contributed by atoms with Crippen LogP contribution in [0.5, 0.6) is 5.75 Å². The predicted octanol–water partition coefficient (Wildman–Crippen LogP) is 4.09. The lowest BCUT2D eigenvalue weighted by molar-refractivity contribution is 0.0999. The topological polar surface area (TPSA) is 91.5 Å². The van der Waals surface area contributed by atoms with Crippen molar-refractivity contribution < 1.29 is 9.90 Å². The Morgan fingerprint density at radius 1 is 1.09 bits per heavy atom. The maximum absolute atomic E-state index is 11.9. The van der Waals surface area contributed by atoms with Crippen molar-refractivity contribution in [3.8, 4) is 16.9 Å². The molecule has 2 aromatic carbocycles. The molecule has 6 heteroatoms. The molecule has 1 unspecified atom stereocenters. The van der Waals surface area contributed by atoms with Crippen molar-refractivity contribution >= 4 is 11.6 Å². The van der Waals surface area contributed by atoms with Crippen LogP contribution in [0.25, 0.3) is 11.1 Å². The number of hydrogen-bond donors (Lipinski definition) is 3. The van der Waals surface area contributed by atoms with Crippen LogP contribution in [-0.4, -0.2) is 41.7 Å². The summed E-state index contributed by atoms with van der Waals surface area (Å²) in [5.41, 5.74) is 13.1. The first-order valence-corrected chi connectivity index (χ1v) is 12.2. The summed E-state index contributed by atoms with van der Waals surface area (Å²) in [6.07, 6.45) is 6.90. The summed E-state index contributed by atoms with van der Waals surface area (Å²) in [6.45, 7) is 7.05. The van der Waals surface area contributed by atoms with Crippen molar-refractivity contribution in [1.29, 1.82) is 0 Å². The number of aryl methyl sites for hydroxylation is 2. The van der Waals surface area contributed by atoms with E-state index in [1.54, 1.807) is 12.3 Å². The molecule has 0 aliphatic carbocycles. The first kappa shape index (κ1) is 23.8. The number of nitrogens with zero attached hydrogens (tertiary/aromatic N) is 2. The zero-order valence-corrected chi connectivity index (χ0v) is 20.1. The lowest BCUT2D eigenvalue weighted by Gasteiger charge is -2.39. The van der Waals surface area contributed by atoms with Gasteiger partial charge < -0.3 is 21.1 Å². The van der Waals surface area contributed by atoms with E-state index < -0.39 is 0 Å². The van der Waals surface area contributed by atoms with Gasteiger partial charge in [-0.1, -0.05) is 38.5 Å². The van der Waals surface area contributed by atoms with Crippen molar-refractivity contribution in [2.24, 2.45) is 5.73 Å². The minimum Gasteiger partial charge on any atom is -0.506 e. The number of anilines is 1. The summed E-state index contributed by atoms with van der Waals surface area (Å²) in [5.74, 6) is -0.185. The number of aromatic hydroxyl groups is 1. The molecule has 6 nitrogen and oxygen atoms in total. The van der Waals surface area contributed by atoms with Crippen LogP contribution >= 0.6 is 0 Å². The Balaban J connectivity index is 1.61. The van der Waals surface area contributed by atoms with E-state index >= 15 is 0 Å². The Bertz CT molecular complexity index is 1160. The first-order chi connectivity index (χ1) is 16.5. The zero-order valence-electron chi connectivity index (χ0n) is 20.1. The Hall–Kier alpha value is -3.38. The summed E-state index contributed by atoms with van der Waals surface area (Å²) in [5, 5.41) is 13.4. The highest BCUT2D eigenvalue weighted by molar-refractivity contribution is 5.94. The summed E-state index contributed by atoms with van der Waals surface area (Å²) < 4.78 is 0. The van der Waals surface area contributed by atoms with E-state index in [-0.39, 0.29) is 11.7 Å². The molecule has 4 rings (SSSR count). The Kier molecular flexibility index (Phi) is 7.48. The number of pyridine rings is 1. The third kappa shape index (κ3) is 5.23. The van der Waals surface area contributed by atoms with Crippen molar-refractivity contribution in [2.75, 3.05) is 24.5 Å². The Labute approximate surface area is 201 Å². The molecule has 1 saturated heterocycles. The number of rotatable bonds is 8. The summed E-state index contributed by atoms with van der Waals surface area (Å²) in [7, 11) is 0. The van der Waals surface area contributed by atoms with Gasteiger partial charge in [-0.25, -0.2) is 0 Å². The molecule has 178 valence electrons. The first-order valence-electron chi connectivity index (χ1n) is 12.2. The third-order valence-corrected chi connectivity index (χ3v) is 6.66. The standard InChI is InChI=1S/C28H34N4O2/c1-3-5-22-14-24(8-9-27(22)28(29)34)32-11-10-30-17-25(32)13-21-7-6-20(12-19(21)4-2)23-15-26(33)18-31-16-23/h6-9,12,14-16,18,25,30,33H,3-5,10-11,13,17H2,1-2H3,(H2,29,34). The molecule has 4 N–H and O–H groups in total. The van der Waals surface area contributed by atoms with Crippen molar-refractivity contribution in [3.63, 3.8) is 0 Å². The lowest BCUT2D eigenvalue weighted by Crippen LogP contribution is -2.52. The van der Waals surface area contributed by atoms with Gasteiger partial charge in [0.2, 0.25) is 5.91 Å². The van der Waals surface area contributed by atoms with E-state index in [1.807, 2.05) is 12.1 Å². The average Bonchev–Trinajstić information content (AvgIpc) is 2.84. The monoisotopic (exact) mass is 458 g/mol. The number of piperazine rings is 1. The quantitative estimate of drug-likeness (QED) is 0.473. The highest BCUT2D eigenvalue weighted by Crippen LogP contribution is 2.28. The minimum absolute atomic E-state index is 0.174. The molecule has 0 bridgehead atoms. The van der Waals surface area contributed by atoms with Crippen LogP contribution in [0.4, 0.5) is 5.69 Å². The number of primary amides is 1. The molecule has 0 saturated carbocycles. The molecule has 1 fully saturated rings. The largest absolute Gasteiger partial charge is 0.506 e. The molecule has 1 aromatic heterocycles. The maximum Gasteiger partial charge on any atom is 0.248 e. The number of aromatic nitrogens is 1. The van der Waals surface area contributed by atoms with Gasteiger partial charge in [0.1, 0.15) is 5.75 Å². The molecule has 1 atom stereocenters. The lowest BCUT2D eigenvalue weighted by atomic mass is 9.93. The van der Waals surface area contributed by atoms with Crippen molar-refractivity contribution in [1.82, 2.24) is 10.3 Å². The van der Waals surface area contributed by atoms with Gasteiger partial charge in [0.05, 0.1) is 6.20 Å². The number of nitrogens with two attached hydrogens (primary N) is 1. The molecule has 1 aliphatic heterocycles. The van der Waals surface area contributed by atoms with Gasteiger partial charge in [0, 0.05) is 48.7 Å². The van der Waals surface area contributed by atoms with Gasteiger partial charge in [-0.2, -0.15) is 0 Å². The number of carbonyl (C=O) groups excluding carboxylic acids is 1. The zero-order chi connectivity index (χ0) is 24.1. The number of hydrogen-bond acceptors (Lipinski definition) is 5. The van der Waals surface area contributed by atoms with Crippen LogP contribution in [0.3, 0.4) is 0 Å². The fourth-order valence-corrected chi connectivity index (χ4v) is 4.93. The highest BCUT2D eigenvalue weighted by Gasteiger charge is 2.24. The smallest absolute Gasteiger partial charge is 0.248 e. The van der Waals surface area contributed by atoms with Gasteiger partial charge in [0.15, 0.2) is 0 Å². The molecule has 2 heterocycles. The predicted molar refractivity (Wildman–Crippen MR) is 137 cm³/mol. The van der Waals surface area contributed by atoms with Gasteiger partial charge in [0.25, 0.3) is 0 Å². The Morgan fingerprint density at radius 3 is 2.68 bits per heavy atom. The van der Waals surface area contributed by atoms with Crippen molar-refractivity contribution in [3.05, 3.63) is 77.1 Å². The molecule has 34 heavy (non-hydrogen) atoms. The number of benzene rings is 2. The molecule has 3 aromatic rings. The van der Waals surface area contributed by atoms with Crippen LogP contribution in [0.2, 0.25) is 0 Å². The second-order valence-corrected chi connectivity index (χ2v) is 8.98. The van der Waals surface area contributed by atoms with Crippen LogP contribution in [0.1, 0.15) is 47.3 Å². The van der Waals surface area contributed by atoms with Gasteiger partial charge in [-0.05, 0) is 65.8 Å². The molecular formula is C28H34N4O2. The number of nitrogens with one attached hydrogen (secondary N) is 1. The fraction of sp³-hybridized carbons (Fsp3) is 0.357. The van der Waals surface area contributed by atoms with Gasteiger partial charge >= 0.3 is 0 Å². The second-order valence-electron chi connectivity index (χ2n) is 8.98. The summed E-state index contributed by atoms with van der Waals surface area (Å²) in [4.78, 5) is 18.5. The van der Waals surface area contributed by atoms with Gasteiger partial charge in [-0.3, -0.25) is 9.78 Å². The fourth-order valence-electron chi connectivity index (χ4n) is 4.93. The van der Waals surface area contributed by atoms with Crippen LogP contribution in [0, 0.1) is 0 Å².